The highest BCUT2D eigenvalue weighted by Gasteiger charge is 2.34. The normalized spacial score (nSPS) is 16.7. The van der Waals surface area contributed by atoms with Crippen LogP contribution in [0.4, 0.5) is 21.6 Å². The van der Waals surface area contributed by atoms with Crippen LogP contribution >= 0.6 is 0 Å². The number of likely N-dealkylation sites (N-methyl/N-ethyl adjacent to an activating group) is 1. The molecule has 2 atom stereocenters. The molecule has 7 nitrogen and oxygen atoms in total. The molecule has 3 heterocycles. The monoisotopic (exact) mass is 436 g/mol. The average Bonchev–Trinajstić information content (AvgIpc) is 3.22. The van der Waals surface area contributed by atoms with E-state index in [9.17, 15) is 9.18 Å². The van der Waals surface area contributed by atoms with Gasteiger partial charge in [-0.15, -0.1) is 0 Å². The third kappa shape index (κ3) is 4.17. The zero-order chi connectivity index (χ0) is 23.0. The Kier molecular flexibility index (Phi) is 5.86. The minimum Gasteiger partial charge on any atom is -0.366 e. The second-order valence-electron chi connectivity index (χ2n) is 8.69. The van der Waals surface area contributed by atoms with E-state index in [2.05, 4.69) is 20.7 Å². The fraction of sp³-hybridized carbons (Fsp3) is 0.375. The first-order chi connectivity index (χ1) is 15.2. The summed E-state index contributed by atoms with van der Waals surface area (Å²) >= 11 is 0. The first-order valence-electron chi connectivity index (χ1n) is 10.8. The molecule has 1 aliphatic rings. The van der Waals surface area contributed by atoms with Crippen molar-refractivity contribution in [1.29, 1.82) is 0 Å². The molecule has 2 N–H and O–H groups in total. The molecule has 1 amide bonds. The van der Waals surface area contributed by atoms with Crippen LogP contribution in [0.25, 0.3) is 0 Å². The number of carbonyl (C=O) groups excluding carboxylic acids is 1. The molecule has 2 aromatic heterocycles. The van der Waals surface area contributed by atoms with Gasteiger partial charge in [-0.25, -0.2) is 9.37 Å². The second kappa shape index (κ2) is 8.61. The number of aromatic nitrogens is 3. The fourth-order valence-corrected chi connectivity index (χ4v) is 4.22. The van der Waals surface area contributed by atoms with E-state index in [0.717, 1.165) is 34.0 Å². The number of amides is 1. The lowest BCUT2D eigenvalue weighted by molar-refractivity contribution is -0.118. The predicted octanol–water partition coefficient (Wildman–Crippen LogP) is 4.36. The van der Waals surface area contributed by atoms with Crippen LogP contribution in [0.15, 0.2) is 42.7 Å². The molecule has 0 fully saturated rings. The van der Waals surface area contributed by atoms with E-state index in [1.807, 2.05) is 62.8 Å². The maximum atomic E-state index is 13.2. The largest absolute Gasteiger partial charge is 0.366 e. The number of rotatable bonds is 6. The number of hydrogen-bond acceptors (Lipinski definition) is 5. The van der Waals surface area contributed by atoms with Crippen molar-refractivity contribution >= 4 is 23.1 Å². The summed E-state index contributed by atoms with van der Waals surface area (Å²) in [6.07, 6.45) is 3.80. The van der Waals surface area contributed by atoms with Gasteiger partial charge < -0.3 is 15.5 Å². The first-order valence-corrected chi connectivity index (χ1v) is 10.8. The van der Waals surface area contributed by atoms with E-state index in [1.165, 1.54) is 12.1 Å². The van der Waals surface area contributed by atoms with Gasteiger partial charge in [0.25, 0.3) is 0 Å². The lowest BCUT2D eigenvalue weighted by Crippen LogP contribution is -2.49. The van der Waals surface area contributed by atoms with Crippen molar-refractivity contribution in [3.05, 3.63) is 65.4 Å². The molecule has 0 radical (unpaired) electrons. The molecular formula is C24H29FN6O. The number of fused-ring (bicyclic) bond motifs is 1. The Morgan fingerprint density at radius 3 is 2.62 bits per heavy atom. The summed E-state index contributed by atoms with van der Waals surface area (Å²) in [5.41, 5.74) is 4.50. The van der Waals surface area contributed by atoms with E-state index in [1.54, 1.807) is 12.1 Å². The van der Waals surface area contributed by atoms with Gasteiger partial charge in [-0.2, -0.15) is 5.10 Å². The van der Waals surface area contributed by atoms with E-state index in [4.69, 9.17) is 0 Å². The Labute approximate surface area is 187 Å². The van der Waals surface area contributed by atoms with Gasteiger partial charge in [-0.1, -0.05) is 26.0 Å². The van der Waals surface area contributed by atoms with Crippen molar-refractivity contribution in [3.8, 4) is 0 Å². The van der Waals surface area contributed by atoms with Crippen LogP contribution in [0.3, 0.4) is 0 Å². The highest BCUT2D eigenvalue weighted by atomic mass is 19.1. The number of nitrogens with one attached hydrogen (secondary N) is 2. The van der Waals surface area contributed by atoms with Gasteiger partial charge in [-0.05, 0) is 37.5 Å². The molecule has 3 aromatic rings. The van der Waals surface area contributed by atoms with Crippen molar-refractivity contribution < 1.29 is 9.18 Å². The number of pyridine rings is 1. The van der Waals surface area contributed by atoms with Crippen LogP contribution in [0, 0.1) is 18.7 Å². The Morgan fingerprint density at radius 1 is 1.22 bits per heavy atom. The summed E-state index contributed by atoms with van der Waals surface area (Å²) in [6, 6.07) is 8.24. The molecule has 1 aromatic carbocycles. The SMILES string of the molecule is Cc1nc(NCc2cnn([C@H](C)c3ccc(F)cc3)c2)cc2c1NC(=O)[C@H](C(C)C)N2C. The first kappa shape index (κ1) is 21.8. The molecule has 168 valence electrons. The average molecular weight is 437 g/mol. The lowest BCUT2D eigenvalue weighted by Gasteiger charge is -2.38. The maximum absolute atomic E-state index is 13.2. The molecule has 32 heavy (non-hydrogen) atoms. The van der Waals surface area contributed by atoms with Crippen LogP contribution in [0.1, 0.15) is 43.6 Å². The zero-order valence-electron chi connectivity index (χ0n) is 19.1. The number of nitrogens with zero attached hydrogens (tertiary/aromatic N) is 4. The molecule has 0 bridgehead atoms. The molecule has 0 spiro atoms. The molecule has 8 heteroatoms. The third-order valence-corrected chi connectivity index (χ3v) is 6.00. The number of benzene rings is 1. The number of halogens is 1. The van der Waals surface area contributed by atoms with Crippen LogP contribution < -0.4 is 15.5 Å². The van der Waals surface area contributed by atoms with Gasteiger partial charge in [0, 0.05) is 31.4 Å². The van der Waals surface area contributed by atoms with Gasteiger partial charge in [0.2, 0.25) is 5.91 Å². The van der Waals surface area contributed by atoms with Crippen molar-refractivity contribution in [2.24, 2.45) is 5.92 Å². The summed E-state index contributed by atoms with van der Waals surface area (Å²) in [6.45, 7) is 8.58. The Hall–Kier alpha value is -3.42. The summed E-state index contributed by atoms with van der Waals surface area (Å²) in [7, 11) is 1.95. The van der Waals surface area contributed by atoms with Crippen LogP contribution in [0.5, 0.6) is 0 Å². The molecule has 0 unspecified atom stereocenters. The van der Waals surface area contributed by atoms with Crippen LogP contribution in [-0.4, -0.2) is 33.8 Å². The van der Waals surface area contributed by atoms with Crippen molar-refractivity contribution in [2.45, 2.75) is 46.3 Å². The number of aryl methyl sites for hydroxylation is 1. The minimum absolute atomic E-state index is 0.00121. The summed E-state index contributed by atoms with van der Waals surface area (Å²) in [4.78, 5) is 19.2. The number of hydrogen-bond donors (Lipinski definition) is 2. The summed E-state index contributed by atoms with van der Waals surface area (Å²) in [5.74, 6) is 0.686. The predicted molar refractivity (Wildman–Crippen MR) is 124 cm³/mol. The number of carbonyl (C=O) groups is 1. The molecule has 0 saturated carbocycles. The fourth-order valence-electron chi connectivity index (χ4n) is 4.22. The summed E-state index contributed by atoms with van der Waals surface area (Å²) in [5, 5.41) is 10.9. The highest BCUT2D eigenvalue weighted by Crippen LogP contribution is 2.36. The van der Waals surface area contributed by atoms with Crippen molar-refractivity contribution in [3.63, 3.8) is 0 Å². The van der Waals surface area contributed by atoms with Crippen molar-refractivity contribution in [1.82, 2.24) is 14.8 Å². The van der Waals surface area contributed by atoms with E-state index < -0.39 is 0 Å². The Balaban J connectivity index is 1.49. The van der Waals surface area contributed by atoms with Gasteiger partial charge in [0.1, 0.15) is 17.7 Å². The zero-order valence-corrected chi connectivity index (χ0v) is 19.1. The Morgan fingerprint density at radius 2 is 1.94 bits per heavy atom. The maximum Gasteiger partial charge on any atom is 0.247 e. The lowest BCUT2D eigenvalue weighted by atomic mass is 9.98. The minimum atomic E-state index is -0.246. The third-order valence-electron chi connectivity index (χ3n) is 6.00. The summed E-state index contributed by atoms with van der Waals surface area (Å²) < 4.78 is 15.1. The van der Waals surface area contributed by atoms with Gasteiger partial charge in [0.05, 0.1) is 29.3 Å². The molecular weight excluding hydrogens is 407 g/mol. The highest BCUT2D eigenvalue weighted by molar-refractivity contribution is 6.04. The molecule has 1 aliphatic heterocycles. The van der Waals surface area contributed by atoms with Crippen LogP contribution in [-0.2, 0) is 11.3 Å². The topological polar surface area (TPSA) is 75.1 Å². The Bertz CT molecular complexity index is 1120. The van der Waals surface area contributed by atoms with Gasteiger partial charge in [-0.3, -0.25) is 9.48 Å². The van der Waals surface area contributed by atoms with Gasteiger partial charge in [0.15, 0.2) is 0 Å². The van der Waals surface area contributed by atoms with Crippen LogP contribution in [0.2, 0.25) is 0 Å². The molecule has 0 aliphatic carbocycles. The van der Waals surface area contributed by atoms with Crippen molar-refractivity contribution in [2.75, 3.05) is 22.6 Å². The molecule has 4 rings (SSSR count). The van der Waals surface area contributed by atoms with E-state index >= 15 is 0 Å². The van der Waals surface area contributed by atoms with E-state index in [-0.39, 0.29) is 29.7 Å². The second-order valence-corrected chi connectivity index (χ2v) is 8.69. The van der Waals surface area contributed by atoms with E-state index in [0.29, 0.717) is 6.54 Å². The smallest absolute Gasteiger partial charge is 0.247 e. The standard InChI is InChI=1S/C24H29FN6O/c1-14(2)23-24(32)29-22-15(3)28-21(10-20(22)30(23)5)26-11-17-12-27-31(13-17)16(4)18-6-8-19(25)9-7-18/h6-10,12-14,16,23H,11H2,1-5H3,(H,26,28)(H,29,32)/t16-,23+/m1/s1. The van der Waals surface area contributed by atoms with Gasteiger partial charge >= 0.3 is 0 Å². The molecule has 0 saturated heterocycles. The quantitative estimate of drug-likeness (QED) is 0.601. The number of anilines is 3.